The first-order chi connectivity index (χ1) is 11.8. The molecule has 1 fully saturated rings. The molecule has 0 aliphatic heterocycles. The molecule has 1 aromatic heterocycles. The van der Waals surface area contributed by atoms with E-state index in [4.69, 9.17) is 58.7 Å². The molecule has 2 aromatic rings. The minimum Gasteiger partial charge on any atom is -0.392 e. The van der Waals surface area contributed by atoms with Gasteiger partial charge < -0.3 is 5.73 Å². The van der Waals surface area contributed by atoms with E-state index in [-0.39, 0.29) is 32.9 Å². The van der Waals surface area contributed by atoms with Crippen molar-refractivity contribution in [2.45, 2.75) is 29.3 Å². The van der Waals surface area contributed by atoms with Crippen LogP contribution in [-0.4, -0.2) is 14.1 Å². The number of anilines is 1. The molecule has 1 atom stereocenters. The van der Waals surface area contributed by atoms with Crippen LogP contribution in [0.4, 0.5) is 24.7 Å². The highest BCUT2D eigenvalue weighted by Crippen LogP contribution is 2.66. The maximum absolute atomic E-state index is 12.9. The van der Waals surface area contributed by atoms with Gasteiger partial charge in [-0.25, -0.2) is 9.53 Å². The summed E-state index contributed by atoms with van der Waals surface area (Å²) in [6.45, 7) is 9.06. The van der Waals surface area contributed by atoms with Crippen LogP contribution in [0.3, 0.4) is 0 Å². The lowest BCUT2D eigenvalue weighted by Crippen LogP contribution is -2.12. The molecule has 1 unspecified atom stereocenters. The summed E-state index contributed by atoms with van der Waals surface area (Å²) in [7, 11) is 0. The third kappa shape index (κ3) is 2.80. The summed E-state index contributed by atoms with van der Waals surface area (Å²) in [6, 6.07) is 1.43. The van der Waals surface area contributed by atoms with Gasteiger partial charge in [-0.05, 0) is 18.6 Å². The van der Waals surface area contributed by atoms with E-state index in [9.17, 15) is 13.2 Å². The van der Waals surface area contributed by atoms with E-state index in [1.54, 1.807) is 6.92 Å². The van der Waals surface area contributed by atoms with Crippen molar-refractivity contribution < 1.29 is 13.2 Å². The molecule has 11 heteroatoms. The van der Waals surface area contributed by atoms with Crippen molar-refractivity contribution in [2.24, 2.45) is 0 Å². The molecule has 3 rings (SSSR count). The number of nitrogens with zero attached hydrogens (tertiary/aromatic N) is 3. The van der Waals surface area contributed by atoms with Crippen LogP contribution in [0.15, 0.2) is 12.1 Å². The summed E-state index contributed by atoms with van der Waals surface area (Å²) in [5, 5.41) is 3.62. The first kappa shape index (κ1) is 19.4. The topological polar surface area (TPSA) is 48.2 Å². The molecule has 1 saturated carbocycles. The zero-order chi connectivity index (χ0) is 19.7. The molecule has 0 radical (unpaired) electrons. The molecule has 0 saturated heterocycles. The Kier molecular flexibility index (Phi) is 4.36. The second-order valence-corrected chi connectivity index (χ2v) is 8.40. The fraction of sp³-hybridized carbons (Fsp3) is 0.333. The first-order valence-corrected chi connectivity index (χ1v) is 8.55. The standard InChI is InChI=1S/C15H9Cl4F3N4/c1-13(5-14(13,18)19)11-9(24-2)12(23)26(25-11)10-7(16)3-6(4-8(10)17)15(20,21)22/h3-4H,5,23H2,1H3. The van der Waals surface area contributed by atoms with Gasteiger partial charge in [-0.1, -0.05) is 30.1 Å². The number of hydrogen-bond acceptors (Lipinski definition) is 2. The van der Waals surface area contributed by atoms with Crippen LogP contribution in [0, 0.1) is 6.57 Å². The lowest BCUT2D eigenvalue weighted by atomic mass is 10.0. The largest absolute Gasteiger partial charge is 0.416 e. The number of benzene rings is 1. The zero-order valence-electron chi connectivity index (χ0n) is 12.9. The van der Waals surface area contributed by atoms with Crippen LogP contribution in [0.2, 0.25) is 10.0 Å². The number of alkyl halides is 5. The van der Waals surface area contributed by atoms with Crippen LogP contribution in [-0.2, 0) is 11.6 Å². The number of nitrogens with two attached hydrogens (primary N) is 1. The molecule has 138 valence electrons. The Morgan fingerprint density at radius 3 is 2.15 bits per heavy atom. The Morgan fingerprint density at radius 2 is 1.77 bits per heavy atom. The minimum absolute atomic E-state index is 0.00251. The van der Waals surface area contributed by atoms with E-state index in [0.29, 0.717) is 18.6 Å². The molecule has 4 nitrogen and oxygen atoms in total. The number of nitrogen functional groups attached to an aromatic ring is 1. The summed E-state index contributed by atoms with van der Waals surface area (Å²) in [6.07, 6.45) is -4.27. The zero-order valence-corrected chi connectivity index (χ0v) is 16.0. The Bertz CT molecular complexity index is 938. The summed E-state index contributed by atoms with van der Waals surface area (Å²) in [4.78, 5) is 3.36. The molecule has 1 heterocycles. The Morgan fingerprint density at radius 1 is 1.27 bits per heavy atom. The van der Waals surface area contributed by atoms with Crippen molar-refractivity contribution in [3.63, 3.8) is 0 Å². The van der Waals surface area contributed by atoms with E-state index in [0.717, 1.165) is 4.68 Å². The van der Waals surface area contributed by atoms with Crippen LogP contribution >= 0.6 is 46.4 Å². The summed E-state index contributed by atoms with van der Waals surface area (Å²) in [5.74, 6) is -0.115. The van der Waals surface area contributed by atoms with Gasteiger partial charge in [0.1, 0.15) is 15.8 Å². The molecule has 26 heavy (non-hydrogen) atoms. The number of hydrogen-bond donors (Lipinski definition) is 1. The van der Waals surface area contributed by atoms with Gasteiger partial charge in [0.2, 0.25) is 0 Å². The van der Waals surface area contributed by atoms with Crippen molar-refractivity contribution in [1.82, 2.24) is 9.78 Å². The molecule has 2 N–H and O–H groups in total. The molecular weight excluding hydrogens is 435 g/mol. The van der Waals surface area contributed by atoms with E-state index in [2.05, 4.69) is 9.94 Å². The third-order valence-corrected chi connectivity index (χ3v) is 6.02. The quantitative estimate of drug-likeness (QED) is 0.445. The van der Waals surface area contributed by atoms with Crippen molar-refractivity contribution in [1.29, 1.82) is 0 Å². The van der Waals surface area contributed by atoms with Gasteiger partial charge in [0.05, 0.1) is 27.9 Å². The molecule has 0 spiro atoms. The molecule has 1 aliphatic carbocycles. The van der Waals surface area contributed by atoms with E-state index >= 15 is 0 Å². The van der Waals surface area contributed by atoms with Crippen molar-refractivity contribution in [2.75, 3.05) is 5.73 Å². The maximum Gasteiger partial charge on any atom is 0.416 e. The van der Waals surface area contributed by atoms with Gasteiger partial charge in [-0.3, -0.25) is 0 Å². The lowest BCUT2D eigenvalue weighted by molar-refractivity contribution is -0.137. The molecule has 0 bridgehead atoms. The molecule has 1 aromatic carbocycles. The smallest absolute Gasteiger partial charge is 0.392 e. The Balaban J connectivity index is 2.21. The van der Waals surface area contributed by atoms with Gasteiger partial charge in [0.15, 0.2) is 0 Å². The van der Waals surface area contributed by atoms with Crippen LogP contribution in [0.5, 0.6) is 0 Å². The minimum atomic E-state index is -4.62. The molecular formula is C15H9Cl4F3N4. The normalized spacial score (nSPS) is 21.5. The average Bonchev–Trinajstić information content (AvgIpc) is 2.84. The highest BCUT2D eigenvalue weighted by molar-refractivity contribution is 6.52. The highest BCUT2D eigenvalue weighted by Gasteiger charge is 2.66. The van der Waals surface area contributed by atoms with Crippen LogP contribution in [0.25, 0.3) is 10.5 Å². The van der Waals surface area contributed by atoms with E-state index in [1.807, 2.05) is 0 Å². The van der Waals surface area contributed by atoms with Gasteiger partial charge in [-0.2, -0.15) is 18.3 Å². The lowest BCUT2D eigenvalue weighted by Gasteiger charge is -2.13. The number of halogens is 7. The van der Waals surface area contributed by atoms with Crippen molar-refractivity contribution in [3.05, 3.63) is 44.9 Å². The second-order valence-electron chi connectivity index (χ2n) is 6.11. The Labute approximate surface area is 166 Å². The average molecular weight is 444 g/mol. The predicted molar refractivity (Wildman–Crippen MR) is 95.7 cm³/mol. The fourth-order valence-electron chi connectivity index (χ4n) is 2.66. The molecule has 0 amide bonds. The third-order valence-electron chi connectivity index (χ3n) is 4.34. The first-order valence-electron chi connectivity index (χ1n) is 7.04. The van der Waals surface area contributed by atoms with Crippen molar-refractivity contribution >= 4 is 57.9 Å². The maximum atomic E-state index is 12.9. The van der Waals surface area contributed by atoms with Gasteiger partial charge in [-0.15, -0.1) is 23.2 Å². The van der Waals surface area contributed by atoms with Gasteiger partial charge in [0, 0.05) is 5.41 Å². The summed E-state index contributed by atoms with van der Waals surface area (Å²) in [5.41, 5.74) is 4.33. The summed E-state index contributed by atoms with van der Waals surface area (Å²) < 4.78 is 38.6. The highest BCUT2D eigenvalue weighted by atomic mass is 35.5. The van der Waals surface area contributed by atoms with E-state index < -0.39 is 21.5 Å². The number of rotatable bonds is 2. The number of aromatic nitrogens is 2. The van der Waals surface area contributed by atoms with E-state index in [1.165, 1.54) is 0 Å². The monoisotopic (exact) mass is 442 g/mol. The molecule has 1 aliphatic rings. The Hall–Kier alpha value is -1.33. The predicted octanol–water partition coefficient (Wildman–Crippen LogP) is 6.17. The van der Waals surface area contributed by atoms with Crippen molar-refractivity contribution in [3.8, 4) is 5.69 Å². The summed E-state index contributed by atoms with van der Waals surface area (Å²) >= 11 is 24.3. The second kappa shape index (κ2) is 5.83. The van der Waals surface area contributed by atoms with Crippen LogP contribution < -0.4 is 5.73 Å². The van der Waals surface area contributed by atoms with Gasteiger partial charge >= 0.3 is 6.18 Å². The van der Waals surface area contributed by atoms with Crippen LogP contribution in [0.1, 0.15) is 24.6 Å². The van der Waals surface area contributed by atoms with Gasteiger partial charge in [0.25, 0.3) is 5.69 Å². The SMILES string of the molecule is [C-]#[N+]c1c(C2(C)CC2(Cl)Cl)nn(-c2c(Cl)cc(C(F)(F)F)cc2Cl)c1N. The fourth-order valence-corrected chi connectivity index (χ4v) is 4.02.